The van der Waals surface area contributed by atoms with Gasteiger partial charge in [-0.25, -0.2) is 0 Å². The first-order chi connectivity index (χ1) is 12.8. The number of methoxy groups -OCH3 is 1. The third kappa shape index (κ3) is 10.7. The van der Waals surface area contributed by atoms with E-state index in [1.165, 1.54) is 0 Å². The van der Waals surface area contributed by atoms with Crippen LogP contribution >= 0.6 is 0 Å². The van der Waals surface area contributed by atoms with Crippen LogP contribution in [0.3, 0.4) is 0 Å². The Morgan fingerprint density at radius 2 is 1.17 bits per heavy atom. The fourth-order valence-electron chi connectivity index (χ4n) is 3.20. The zero-order chi connectivity index (χ0) is 22.8. The maximum Gasteiger partial charge on any atom is 0.185 e. The first kappa shape index (κ1) is 27.7. The zero-order valence-electron chi connectivity index (χ0n) is 21.0. The van der Waals surface area contributed by atoms with E-state index in [0.717, 1.165) is 0 Å². The topological polar surface area (TPSA) is 55.4 Å². The minimum atomic E-state index is -1.86. The summed E-state index contributed by atoms with van der Waals surface area (Å²) in [4.78, 5) is 0. The molecular formula is C19H46O6Si4. The third-order valence-electron chi connectivity index (χ3n) is 3.97. The number of hydrogen-bond acceptors (Lipinski definition) is 6. The van der Waals surface area contributed by atoms with Crippen molar-refractivity contribution in [2.75, 3.05) is 13.7 Å². The quantitative estimate of drug-likeness (QED) is 0.392. The monoisotopic (exact) mass is 482 g/mol. The molecule has 1 fully saturated rings. The van der Waals surface area contributed by atoms with Crippen LogP contribution < -0.4 is 0 Å². The normalized spacial score (nSPS) is 28.0. The summed E-state index contributed by atoms with van der Waals surface area (Å²) < 4.78 is 38.1. The second-order valence-electron chi connectivity index (χ2n) is 11.8. The molecule has 174 valence electrons. The smallest absolute Gasteiger partial charge is 0.185 e. The molecule has 1 rings (SSSR count). The molecule has 0 aromatic rings. The van der Waals surface area contributed by atoms with Gasteiger partial charge in [-0.2, -0.15) is 0 Å². The Bertz CT molecular complexity index is 507. The highest BCUT2D eigenvalue weighted by Gasteiger charge is 2.53. The van der Waals surface area contributed by atoms with Crippen molar-refractivity contribution in [3.05, 3.63) is 0 Å². The van der Waals surface area contributed by atoms with Gasteiger partial charge in [0.1, 0.15) is 18.3 Å². The van der Waals surface area contributed by atoms with Crippen molar-refractivity contribution in [2.24, 2.45) is 0 Å². The minimum Gasteiger partial charge on any atom is -0.415 e. The van der Waals surface area contributed by atoms with Crippen LogP contribution in [0.1, 0.15) is 0 Å². The summed E-state index contributed by atoms with van der Waals surface area (Å²) in [6.45, 7) is 26.8. The van der Waals surface area contributed by atoms with Gasteiger partial charge in [-0.3, -0.25) is 0 Å². The lowest BCUT2D eigenvalue weighted by Crippen LogP contribution is -2.53. The summed E-state index contributed by atoms with van der Waals surface area (Å²) >= 11 is 0. The van der Waals surface area contributed by atoms with E-state index in [9.17, 15) is 0 Å². The maximum atomic E-state index is 6.65. The third-order valence-corrected chi connectivity index (χ3v) is 7.97. The van der Waals surface area contributed by atoms with Gasteiger partial charge in [-0.1, -0.05) is 0 Å². The standard InChI is InChI=1S/C19H46O6Si4/c1-20-19-18(25-29(11,12)13)17(24-28(8,9)10)16(22-19)15(23-27(5,6)7)14-21-26(2,3)4/h15-19H,14H2,1-13H3/t15-,16+,17+,18-,19+/m1/s1. The molecular weight excluding hydrogens is 437 g/mol. The Morgan fingerprint density at radius 1 is 0.690 bits per heavy atom. The van der Waals surface area contributed by atoms with Crippen LogP contribution in [0.5, 0.6) is 0 Å². The fourth-order valence-corrected chi connectivity index (χ4v) is 7.12. The molecule has 1 aliphatic heterocycles. The highest BCUT2D eigenvalue weighted by Crippen LogP contribution is 2.35. The highest BCUT2D eigenvalue weighted by molar-refractivity contribution is 6.71. The van der Waals surface area contributed by atoms with Gasteiger partial charge in [0.15, 0.2) is 39.6 Å². The second-order valence-corrected chi connectivity index (χ2v) is 29.7. The molecule has 0 saturated carbocycles. The van der Waals surface area contributed by atoms with E-state index in [4.69, 9.17) is 27.2 Å². The van der Waals surface area contributed by atoms with E-state index in [2.05, 4.69) is 78.6 Å². The van der Waals surface area contributed by atoms with Crippen molar-refractivity contribution in [3.63, 3.8) is 0 Å². The van der Waals surface area contributed by atoms with E-state index in [1.54, 1.807) is 7.11 Å². The Labute approximate surface area is 183 Å². The van der Waals surface area contributed by atoms with Crippen LogP contribution in [0.25, 0.3) is 0 Å². The van der Waals surface area contributed by atoms with E-state index in [-0.39, 0.29) is 24.4 Å². The number of ether oxygens (including phenoxy) is 2. The molecule has 5 atom stereocenters. The lowest BCUT2D eigenvalue weighted by atomic mass is 10.1. The van der Waals surface area contributed by atoms with Crippen LogP contribution in [-0.4, -0.2) is 77.7 Å². The van der Waals surface area contributed by atoms with Crippen molar-refractivity contribution in [1.82, 2.24) is 0 Å². The molecule has 0 aliphatic carbocycles. The van der Waals surface area contributed by atoms with Gasteiger partial charge in [0.05, 0.1) is 12.7 Å². The Kier molecular flexibility index (Phi) is 9.59. The van der Waals surface area contributed by atoms with Crippen molar-refractivity contribution in [2.45, 2.75) is 109 Å². The van der Waals surface area contributed by atoms with Gasteiger partial charge in [0, 0.05) is 7.11 Å². The molecule has 0 unspecified atom stereocenters. The van der Waals surface area contributed by atoms with E-state index in [1.807, 2.05) is 0 Å². The van der Waals surface area contributed by atoms with Gasteiger partial charge in [0.25, 0.3) is 0 Å². The SMILES string of the molecule is CO[C@H]1O[C@@H]([C@@H](CO[Si](C)(C)C)O[Si](C)(C)C)[C@H](O[Si](C)(C)C)[C@H]1O[Si](C)(C)C. The zero-order valence-corrected chi connectivity index (χ0v) is 25.0. The lowest BCUT2D eigenvalue weighted by Gasteiger charge is -2.37. The van der Waals surface area contributed by atoms with Crippen molar-refractivity contribution in [1.29, 1.82) is 0 Å². The molecule has 0 N–H and O–H groups in total. The van der Waals surface area contributed by atoms with Crippen molar-refractivity contribution in [3.8, 4) is 0 Å². The predicted molar refractivity (Wildman–Crippen MR) is 130 cm³/mol. The molecule has 0 spiro atoms. The van der Waals surface area contributed by atoms with Crippen LogP contribution in [0.15, 0.2) is 0 Å². The Hall–Kier alpha value is 0.628. The number of rotatable bonds is 11. The summed E-state index contributed by atoms with van der Waals surface area (Å²) in [5.41, 5.74) is 0. The molecule has 6 nitrogen and oxygen atoms in total. The first-order valence-corrected chi connectivity index (χ1v) is 24.3. The summed E-state index contributed by atoms with van der Waals surface area (Å²) in [5.74, 6) is 0. The Balaban J connectivity index is 3.26. The van der Waals surface area contributed by atoms with E-state index < -0.39 is 39.6 Å². The van der Waals surface area contributed by atoms with E-state index in [0.29, 0.717) is 6.61 Å². The van der Waals surface area contributed by atoms with Crippen molar-refractivity contribution < 1.29 is 27.2 Å². The molecule has 1 saturated heterocycles. The first-order valence-electron chi connectivity index (χ1n) is 10.7. The average Bonchev–Trinajstić information content (AvgIpc) is 2.76. The largest absolute Gasteiger partial charge is 0.415 e. The average molecular weight is 483 g/mol. The van der Waals surface area contributed by atoms with Crippen LogP contribution in [0, 0.1) is 0 Å². The molecule has 0 aromatic heterocycles. The summed E-state index contributed by atoms with van der Waals surface area (Å²) in [6.07, 6.45) is -1.45. The van der Waals surface area contributed by atoms with Crippen LogP contribution in [0.2, 0.25) is 78.6 Å². The molecule has 1 heterocycles. The maximum absolute atomic E-state index is 6.65. The molecule has 1 aliphatic rings. The second kappa shape index (κ2) is 10.1. The molecule has 29 heavy (non-hydrogen) atoms. The molecule has 0 bridgehead atoms. The van der Waals surface area contributed by atoms with Crippen molar-refractivity contribution >= 4 is 33.3 Å². The lowest BCUT2D eigenvalue weighted by molar-refractivity contribution is -0.161. The number of hydrogen-bond donors (Lipinski definition) is 0. The van der Waals surface area contributed by atoms with E-state index >= 15 is 0 Å². The molecule has 0 radical (unpaired) electrons. The minimum absolute atomic E-state index is 0.206. The van der Waals surface area contributed by atoms with Gasteiger partial charge in [-0.05, 0) is 78.6 Å². The van der Waals surface area contributed by atoms with Gasteiger partial charge >= 0.3 is 0 Å². The fraction of sp³-hybridized carbons (Fsp3) is 1.00. The van der Waals surface area contributed by atoms with Gasteiger partial charge < -0.3 is 27.2 Å². The molecule has 10 heteroatoms. The van der Waals surface area contributed by atoms with Gasteiger partial charge in [-0.15, -0.1) is 0 Å². The Morgan fingerprint density at radius 3 is 1.55 bits per heavy atom. The van der Waals surface area contributed by atoms with Crippen LogP contribution in [0.4, 0.5) is 0 Å². The van der Waals surface area contributed by atoms with Crippen LogP contribution in [-0.2, 0) is 27.2 Å². The highest BCUT2D eigenvalue weighted by atomic mass is 28.4. The predicted octanol–water partition coefficient (Wildman–Crippen LogP) is 4.87. The molecule has 0 amide bonds. The summed E-state index contributed by atoms with van der Waals surface area (Å²) in [7, 11) is -5.57. The summed E-state index contributed by atoms with van der Waals surface area (Å²) in [5, 5.41) is 0. The van der Waals surface area contributed by atoms with Gasteiger partial charge in [0.2, 0.25) is 0 Å². The molecule has 0 aromatic carbocycles. The summed E-state index contributed by atoms with van der Waals surface area (Å²) in [6, 6.07) is 0.